The van der Waals surface area contributed by atoms with Crippen LogP contribution in [0.15, 0.2) is 36.7 Å². The number of carboxylic acid groups (broad SMARTS) is 1. The van der Waals surface area contributed by atoms with E-state index in [-0.39, 0.29) is 5.56 Å². The molecule has 112 valence electrons. The summed E-state index contributed by atoms with van der Waals surface area (Å²) in [5, 5.41) is 12.3. The second-order valence-corrected chi connectivity index (χ2v) is 4.60. The number of carbonyl (C=O) groups is 1. The first-order valence-electron chi connectivity index (χ1n) is 6.80. The molecule has 0 atom stereocenters. The first kappa shape index (κ1) is 15.1. The zero-order valence-corrected chi connectivity index (χ0v) is 12.0. The molecule has 0 unspecified atom stereocenters. The van der Waals surface area contributed by atoms with E-state index in [1.165, 1.54) is 6.07 Å². The predicted octanol–water partition coefficient (Wildman–Crippen LogP) is 1.33. The Morgan fingerprint density at radius 2 is 2.19 bits per heavy atom. The van der Waals surface area contributed by atoms with Crippen molar-refractivity contribution in [2.24, 2.45) is 7.05 Å². The molecule has 0 radical (unpaired) electrons. The zero-order chi connectivity index (χ0) is 15.1. The first-order chi connectivity index (χ1) is 10.2. The van der Waals surface area contributed by atoms with Crippen molar-refractivity contribution in [1.82, 2.24) is 14.9 Å². The van der Waals surface area contributed by atoms with Crippen LogP contribution in [0.2, 0.25) is 0 Å². The molecular formula is C15H19N3O3. The molecule has 0 aliphatic rings. The third kappa shape index (κ3) is 4.32. The van der Waals surface area contributed by atoms with Crippen molar-refractivity contribution in [3.8, 4) is 5.75 Å². The van der Waals surface area contributed by atoms with Gasteiger partial charge in [-0.3, -0.25) is 0 Å². The van der Waals surface area contributed by atoms with Gasteiger partial charge in [0.15, 0.2) is 0 Å². The van der Waals surface area contributed by atoms with Gasteiger partial charge in [0.25, 0.3) is 0 Å². The van der Waals surface area contributed by atoms with E-state index in [0.717, 1.165) is 18.8 Å². The second-order valence-electron chi connectivity index (χ2n) is 4.60. The van der Waals surface area contributed by atoms with Crippen molar-refractivity contribution in [2.45, 2.75) is 6.42 Å². The predicted molar refractivity (Wildman–Crippen MR) is 78.7 cm³/mol. The molecule has 0 aliphatic carbocycles. The number of ether oxygens (including phenoxy) is 1. The van der Waals surface area contributed by atoms with Gasteiger partial charge >= 0.3 is 5.97 Å². The molecule has 0 fully saturated rings. The third-order valence-electron chi connectivity index (χ3n) is 3.10. The van der Waals surface area contributed by atoms with E-state index in [2.05, 4.69) is 10.3 Å². The van der Waals surface area contributed by atoms with Gasteiger partial charge in [0, 0.05) is 39.0 Å². The Hall–Kier alpha value is -2.34. The molecule has 0 saturated carbocycles. The van der Waals surface area contributed by atoms with Gasteiger partial charge in [-0.25, -0.2) is 9.78 Å². The fraction of sp³-hybridized carbons (Fsp3) is 0.333. The zero-order valence-electron chi connectivity index (χ0n) is 12.0. The molecule has 1 aromatic carbocycles. The van der Waals surface area contributed by atoms with Crippen LogP contribution >= 0.6 is 0 Å². The van der Waals surface area contributed by atoms with Crippen molar-refractivity contribution in [3.05, 3.63) is 48.0 Å². The molecule has 21 heavy (non-hydrogen) atoms. The highest BCUT2D eigenvalue weighted by atomic mass is 16.5. The molecule has 0 spiro atoms. The lowest BCUT2D eigenvalue weighted by Crippen LogP contribution is -2.24. The van der Waals surface area contributed by atoms with Crippen LogP contribution in [-0.2, 0) is 13.5 Å². The molecule has 6 nitrogen and oxygen atoms in total. The van der Waals surface area contributed by atoms with Gasteiger partial charge in [0.1, 0.15) is 23.7 Å². The maximum atomic E-state index is 11.0. The number of nitrogens with zero attached hydrogens (tertiary/aromatic N) is 2. The molecule has 0 aliphatic heterocycles. The number of aryl methyl sites for hydroxylation is 1. The summed E-state index contributed by atoms with van der Waals surface area (Å²) >= 11 is 0. The van der Waals surface area contributed by atoms with Gasteiger partial charge in [0.2, 0.25) is 0 Å². The summed E-state index contributed by atoms with van der Waals surface area (Å²) in [6.45, 7) is 1.87. The fourth-order valence-corrected chi connectivity index (χ4v) is 1.96. The number of nitrogens with one attached hydrogen (secondary N) is 1. The Balaban J connectivity index is 1.68. The Morgan fingerprint density at radius 1 is 1.38 bits per heavy atom. The minimum absolute atomic E-state index is 0.186. The number of para-hydroxylation sites is 1. The number of carboxylic acids is 1. The van der Waals surface area contributed by atoms with Gasteiger partial charge in [0.05, 0.1) is 0 Å². The first-order valence-corrected chi connectivity index (χ1v) is 6.80. The normalized spacial score (nSPS) is 10.5. The van der Waals surface area contributed by atoms with Crippen LogP contribution in [0, 0.1) is 0 Å². The highest BCUT2D eigenvalue weighted by Crippen LogP contribution is 2.17. The van der Waals surface area contributed by atoms with Gasteiger partial charge in [-0.2, -0.15) is 0 Å². The van der Waals surface area contributed by atoms with Crippen LogP contribution < -0.4 is 10.1 Å². The van der Waals surface area contributed by atoms with Gasteiger partial charge < -0.3 is 19.7 Å². The second kappa shape index (κ2) is 7.44. The highest BCUT2D eigenvalue weighted by molar-refractivity contribution is 5.90. The van der Waals surface area contributed by atoms with Gasteiger partial charge in [-0.05, 0) is 12.1 Å². The minimum Gasteiger partial charge on any atom is -0.491 e. The van der Waals surface area contributed by atoms with Crippen LogP contribution in [-0.4, -0.2) is 40.3 Å². The maximum absolute atomic E-state index is 11.0. The molecular weight excluding hydrogens is 270 g/mol. The van der Waals surface area contributed by atoms with E-state index in [0.29, 0.717) is 18.9 Å². The molecule has 2 N–H and O–H groups in total. The molecule has 1 heterocycles. The monoisotopic (exact) mass is 289 g/mol. The van der Waals surface area contributed by atoms with E-state index in [1.54, 1.807) is 24.4 Å². The number of imidazole rings is 1. The molecule has 2 aromatic rings. The van der Waals surface area contributed by atoms with Crippen molar-refractivity contribution in [1.29, 1.82) is 0 Å². The molecule has 6 heteroatoms. The number of aromatic nitrogens is 2. The number of rotatable bonds is 8. The smallest absolute Gasteiger partial charge is 0.339 e. The molecule has 1 aromatic heterocycles. The summed E-state index contributed by atoms with van der Waals surface area (Å²) in [6.07, 6.45) is 4.54. The van der Waals surface area contributed by atoms with Crippen LogP contribution in [0.25, 0.3) is 0 Å². The van der Waals surface area contributed by atoms with Crippen molar-refractivity contribution < 1.29 is 14.6 Å². The molecule has 0 amide bonds. The molecule has 2 rings (SSSR count). The summed E-state index contributed by atoms with van der Waals surface area (Å²) in [4.78, 5) is 15.3. The Morgan fingerprint density at radius 3 is 2.90 bits per heavy atom. The summed E-state index contributed by atoms with van der Waals surface area (Å²) in [5.41, 5.74) is 0.186. The van der Waals surface area contributed by atoms with E-state index >= 15 is 0 Å². The van der Waals surface area contributed by atoms with Crippen molar-refractivity contribution in [2.75, 3.05) is 19.7 Å². The van der Waals surface area contributed by atoms with Crippen molar-refractivity contribution in [3.63, 3.8) is 0 Å². The van der Waals surface area contributed by atoms with E-state index < -0.39 is 5.97 Å². The summed E-state index contributed by atoms with van der Waals surface area (Å²) < 4.78 is 7.48. The summed E-state index contributed by atoms with van der Waals surface area (Å²) in [6, 6.07) is 6.64. The SMILES string of the molecule is Cn1ccnc1CCNCCOc1ccccc1C(=O)O. The third-order valence-corrected chi connectivity index (χ3v) is 3.10. The van der Waals surface area contributed by atoms with Crippen LogP contribution in [0.5, 0.6) is 5.75 Å². The lowest BCUT2D eigenvalue weighted by Gasteiger charge is -2.09. The topological polar surface area (TPSA) is 76.4 Å². The number of hydrogen-bond acceptors (Lipinski definition) is 4. The largest absolute Gasteiger partial charge is 0.491 e. The Bertz CT molecular complexity index is 595. The van der Waals surface area contributed by atoms with Gasteiger partial charge in [-0.1, -0.05) is 12.1 Å². The van der Waals surface area contributed by atoms with Crippen molar-refractivity contribution >= 4 is 5.97 Å². The van der Waals surface area contributed by atoms with Gasteiger partial charge in [-0.15, -0.1) is 0 Å². The van der Waals surface area contributed by atoms with E-state index in [9.17, 15) is 4.79 Å². The quantitative estimate of drug-likeness (QED) is 0.717. The Kier molecular flexibility index (Phi) is 5.34. The average molecular weight is 289 g/mol. The minimum atomic E-state index is -0.978. The van der Waals surface area contributed by atoms with Crippen LogP contribution in [0.3, 0.4) is 0 Å². The Labute approximate surface area is 123 Å². The highest BCUT2D eigenvalue weighted by Gasteiger charge is 2.09. The van der Waals surface area contributed by atoms with E-state index in [4.69, 9.17) is 9.84 Å². The number of hydrogen-bond donors (Lipinski definition) is 2. The average Bonchev–Trinajstić information content (AvgIpc) is 2.88. The molecule has 0 bridgehead atoms. The standard InChI is InChI=1S/C15H19N3O3/c1-18-10-8-17-14(18)6-7-16-9-11-21-13-5-3-2-4-12(13)15(19)20/h2-5,8,10,16H,6-7,9,11H2,1H3,(H,19,20). The number of aromatic carboxylic acids is 1. The summed E-state index contributed by atoms with van der Waals surface area (Å²) in [7, 11) is 1.97. The van der Waals surface area contributed by atoms with Crippen LogP contribution in [0.4, 0.5) is 0 Å². The lowest BCUT2D eigenvalue weighted by atomic mass is 10.2. The van der Waals surface area contributed by atoms with E-state index in [1.807, 2.05) is 17.8 Å². The maximum Gasteiger partial charge on any atom is 0.339 e. The fourth-order valence-electron chi connectivity index (χ4n) is 1.96. The van der Waals surface area contributed by atoms with Crippen LogP contribution in [0.1, 0.15) is 16.2 Å². The number of benzene rings is 1. The lowest BCUT2D eigenvalue weighted by molar-refractivity contribution is 0.0692. The summed E-state index contributed by atoms with van der Waals surface area (Å²) in [5.74, 6) is 0.448. The molecule has 0 saturated heterocycles.